The van der Waals surface area contributed by atoms with Crippen LogP contribution in [0.3, 0.4) is 0 Å². The Bertz CT molecular complexity index is 323. The zero-order chi connectivity index (χ0) is 12.2. The number of anilines is 1. The molecule has 0 spiro atoms. The van der Waals surface area contributed by atoms with Crippen molar-refractivity contribution in [2.45, 2.75) is 13.1 Å². The minimum Gasteiger partial charge on any atom is -0.368 e. The molecule has 0 bridgehead atoms. The lowest BCUT2D eigenvalue weighted by molar-refractivity contribution is -0.141. The van der Waals surface area contributed by atoms with Crippen molar-refractivity contribution in [3.63, 3.8) is 0 Å². The van der Waals surface area contributed by atoms with Crippen LogP contribution in [0.15, 0.2) is 12.1 Å². The van der Waals surface area contributed by atoms with Crippen molar-refractivity contribution in [2.75, 3.05) is 18.4 Å². The van der Waals surface area contributed by atoms with Crippen LogP contribution < -0.4 is 11.1 Å². The molecule has 0 aliphatic carbocycles. The molecule has 1 atom stereocenters. The molecule has 1 rings (SSSR count). The summed E-state index contributed by atoms with van der Waals surface area (Å²) in [5, 5.41) is 9.37. The van der Waals surface area contributed by atoms with Crippen molar-refractivity contribution in [1.82, 2.24) is 10.2 Å². The molecule has 1 aromatic rings. The molecule has 0 amide bonds. The average molecular weight is 234 g/mol. The van der Waals surface area contributed by atoms with Crippen LogP contribution in [0.25, 0.3) is 0 Å². The summed E-state index contributed by atoms with van der Waals surface area (Å²) in [5.74, 6) is 0.539. The maximum Gasteiger partial charge on any atom is 0.435 e. The fourth-order valence-corrected chi connectivity index (χ4v) is 0.940. The molecule has 16 heavy (non-hydrogen) atoms. The third-order valence-electron chi connectivity index (χ3n) is 1.99. The van der Waals surface area contributed by atoms with Crippen molar-refractivity contribution in [3.8, 4) is 0 Å². The molecule has 0 saturated heterocycles. The predicted octanol–water partition coefficient (Wildman–Crippen LogP) is 1.50. The monoisotopic (exact) mass is 234 g/mol. The van der Waals surface area contributed by atoms with E-state index in [1.807, 2.05) is 6.92 Å². The Morgan fingerprint density at radius 1 is 1.38 bits per heavy atom. The molecule has 1 aromatic heterocycles. The zero-order valence-corrected chi connectivity index (χ0v) is 8.75. The lowest BCUT2D eigenvalue weighted by atomic mass is 10.2. The van der Waals surface area contributed by atoms with Gasteiger partial charge < -0.3 is 11.1 Å². The number of rotatable bonds is 4. The van der Waals surface area contributed by atoms with Crippen LogP contribution in [0, 0.1) is 5.92 Å². The van der Waals surface area contributed by atoms with Crippen molar-refractivity contribution in [2.24, 2.45) is 11.7 Å². The average Bonchev–Trinajstić information content (AvgIpc) is 2.25. The second-order valence-corrected chi connectivity index (χ2v) is 3.52. The fraction of sp³-hybridized carbons (Fsp3) is 0.556. The van der Waals surface area contributed by atoms with Gasteiger partial charge in [0.05, 0.1) is 0 Å². The van der Waals surface area contributed by atoms with Gasteiger partial charge >= 0.3 is 6.18 Å². The van der Waals surface area contributed by atoms with Gasteiger partial charge in [-0.2, -0.15) is 13.2 Å². The molecule has 1 heterocycles. The molecule has 7 heteroatoms. The van der Waals surface area contributed by atoms with E-state index in [2.05, 4.69) is 15.5 Å². The number of hydrogen-bond donors (Lipinski definition) is 2. The lowest BCUT2D eigenvalue weighted by Gasteiger charge is -2.10. The summed E-state index contributed by atoms with van der Waals surface area (Å²) in [7, 11) is 0. The van der Waals surface area contributed by atoms with Crippen LogP contribution in [0.4, 0.5) is 19.0 Å². The number of hydrogen-bond acceptors (Lipinski definition) is 4. The summed E-state index contributed by atoms with van der Waals surface area (Å²) in [6.45, 7) is 2.97. The van der Waals surface area contributed by atoms with Crippen molar-refractivity contribution >= 4 is 5.82 Å². The summed E-state index contributed by atoms with van der Waals surface area (Å²) in [5.41, 5.74) is 4.40. The van der Waals surface area contributed by atoms with E-state index in [1.165, 1.54) is 6.07 Å². The van der Waals surface area contributed by atoms with Gasteiger partial charge in [-0.25, -0.2) is 0 Å². The second-order valence-electron chi connectivity index (χ2n) is 3.52. The first-order chi connectivity index (χ1) is 7.43. The second kappa shape index (κ2) is 5.11. The van der Waals surface area contributed by atoms with Crippen molar-refractivity contribution in [3.05, 3.63) is 17.8 Å². The SMILES string of the molecule is CC(CN)CNc1ccc(C(F)(F)F)nn1. The van der Waals surface area contributed by atoms with Gasteiger partial charge in [0.2, 0.25) is 0 Å². The third kappa shape index (κ3) is 3.65. The highest BCUT2D eigenvalue weighted by Gasteiger charge is 2.32. The Morgan fingerprint density at radius 3 is 2.50 bits per heavy atom. The largest absolute Gasteiger partial charge is 0.435 e. The molecule has 3 N–H and O–H groups in total. The highest BCUT2D eigenvalue weighted by Crippen LogP contribution is 2.26. The van der Waals surface area contributed by atoms with Crippen LogP contribution in [0.1, 0.15) is 12.6 Å². The standard InChI is InChI=1S/C9H13F3N4/c1-6(4-13)5-14-8-3-2-7(15-16-8)9(10,11)12/h2-3,6H,4-5,13H2,1H3,(H,14,16). The number of nitrogens with zero attached hydrogens (tertiary/aromatic N) is 2. The normalized spacial score (nSPS) is 13.6. The number of aromatic nitrogens is 2. The lowest BCUT2D eigenvalue weighted by Crippen LogP contribution is -2.20. The van der Waals surface area contributed by atoms with E-state index in [1.54, 1.807) is 0 Å². The molecule has 0 fully saturated rings. The van der Waals surface area contributed by atoms with Crippen LogP contribution in [-0.2, 0) is 6.18 Å². The third-order valence-corrected chi connectivity index (χ3v) is 1.99. The minimum atomic E-state index is -4.45. The first kappa shape index (κ1) is 12.7. The van der Waals surface area contributed by atoms with Gasteiger partial charge in [0.1, 0.15) is 5.82 Å². The molecule has 0 radical (unpaired) electrons. The van der Waals surface area contributed by atoms with Crippen LogP contribution in [0.5, 0.6) is 0 Å². The number of nitrogens with two attached hydrogens (primary N) is 1. The van der Waals surface area contributed by atoms with Crippen LogP contribution in [-0.4, -0.2) is 23.3 Å². The molecule has 0 aliphatic heterocycles. The van der Waals surface area contributed by atoms with Gasteiger partial charge in [-0.05, 0) is 24.6 Å². The molecular weight excluding hydrogens is 221 g/mol. The Kier molecular flexibility index (Phi) is 4.05. The van der Waals surface area contributed by atoms with E-state index in [4.69, 9.17) is 5.73 Å². The summed E-state index contributed by atoms with van der Waals surface area (Å²) in [6, 6.07) is 2.14. The smallest absolute Gasteiger partial charge is 0.368 e. The Morgan fingerprint density at radius 2 is 2.06 bits per heavy atom. The Balaban J connectivity index is 2.58. The highest BCUT2D eigenvalue weighted by atomic mass is 19.4. The van der Waals surface area contributed by atoms with Crippen molar-refractivity contribution < 1.29 is 13.2 Å². The predicted molar refractivity (Wildman–Crippen MR) is 53.7 cm³/mol. The summed E-state index contributed by atoms with van der Waals surface area (Å²) < 4.78 is 36.4. The van der Waals surface area contributed by atoms with Crippen LogP contribution in [0.2, 0.25) is 0 Å². The highest BCUT2D eigenvalue weighted by molar-refractivity contribution is 5.33. The maximum atomic E-state index is 12.1. The topological polar surface area (TPSA) is 63.8 Å². The minimum absolute atomic E-state index is 0.226. The van der Waals surface area contributed by atoms with E-state index in [0.717, 1.165) is 6.07 Å². The summed E-state index contributed by atoms with van der Waals surface area (Å²) in [6.07, 6.45) is -4.45. The van der Waals surface area contributed by atoms with E-state index >= 15 is 0 Å². The van der Waals surface area contributed by atoms with Gasteiger partial charge in [0.15, 0.2) is 5.69 Å². The van der Waals surface area contributed by atoms with Crippen LogP contribution >= 0.6 is 0 Å². The first-order valence-corrected chi connectivity index (χ1v) is 4.78. The van der Waals surface area contributed by atoms with E-state index in [-0.39, 0.29) is 5.92 Å². The quantitative estimate of drug-likeness (QED) is 0.828. The molecule has 0 saturated carbocycles. The summed E-state index contributed by atoms with van der Waals surface area (Å²) in [4.78, 5) is 0. The zero-order valence-electron chi connectivity index (χ0n) is 8.75. The van der Waals surface area contributed by atoms with Gasteiger partial charge in [-0.3, -0.25) is 0 Å². The fourth-order valence-electron chi connectivity index (χ4n) is 0.940. The molecule has 0 aliphatic rings. The number of halogens is 3. The van der Waals surface area contributed by atoms with Gasteiger partial charge in [-0.1, -0.05) is 6.92 Å². The molecule has 0 aromatic carbocycles. The van der Waals surface area contributed by atoms with Gasteiger partial charge in [-0.15, -0.1) is 10.2 Å². The molecular formula is C9H13F3N4. The van der Waals surface area contributed by atoms with E-state index in [0.29, 0.717) is 18.9 Å². The number of nitrogens with one attached hydrogen (secondary N) is 1. The first-order valence-electron chi connectivity index (χ1n) is 4.78. The van der Waals surface area contributed by atoms with E-state index < -0.39 is 11.9 Å². The van der Waals surface area contributed by atoms with Crippen molar-refractivity contribution in [1.29, 1.82) is 0 Å². The molecule has 1 unspecified atom stereocenters. The molecule has 90 valence electrons. The van der Waals surface area contributed by atoms with Gasteiger partial charge in [0, 0.05) is 6.54 Å². The maximum absolute atomic E-state index is 12.1. The molecule has 4 nitrogen and oxygen atoms in total. The Hall–Kier alpha value is -1.37. The van der Waals surface area contributed by atoms with E-state index in [9.17, 15) is 13.2 Å². The Labute approximate surface area is 91.1 Å². The number of alkyl halides is 3. The summed E-state index contributed by atoms with van der Waals surface area (Å²) >= 11 is 0. The van der Waals surface area contributed by atoms with Gasteiger partial charge in [0.25, 0.3) is 0 Å².